The molecular weight excluding hydrogens is 277 g/mol. The second-order valence-corrected chi connectivity index (χ2v) is 5.97. The smallest absolute Gasteiger partial charge is 0.350 e. The number of thiophene rings is 1. The lowest BCUT2D eigenvalue weighted by molar-refractivity contribution is 0.0607. The molecule has 0 fully saturated rings. The normalized spacial score (nSPS) is 18.1. The molecule has 0 amide bonds. The van der Waals surface area contributed by atoms with Gasteiger partial charge in [-0.25, -0.2) is 9.18 Å². The molecule has 0 radical (unpaired) electrons. The van der Waals surface area contributed by atoms with E-state index in [-0.39, 0.29) is 12.0 Å². The Kier molecular flexibility index (Phi) is 4.60. The minimum absolute atomic E-state index is 0.215. The zero-order valence-electron chi connectivity index (χ0n) is 11.8. The van der Waals surface area contributed by atoms with Crippen molar-refractivity contribution < 1.29 is 13.9 Å². The average Bonchev–Trinajstić information content (AvgIpc) is 2.81. The minimum Gasteiger partial charge on any atom is -0.465 e. The standard InChI is InChI=1S/C15H18FNO2S/c1-9(2)17-12-8-13(20-14(12)15(18)19-3)10-4-6-11(16)7-5-10/h4-6,8-9,11,17H,7H2,1-3H3. The lowest BCUT2D eigenvalue weighted by atomic mass is 10.0. The topological polar surface area (TPSA) is 38.3 Å². The molecule has 1 aromatic heterocycles. The number of anilines is 1. The van der Waals surface area contributed by atoms with Crippen LogP contribution in [-0.2, 0) is 4.74 Å². The first kappa shape index (κ1) is 14.8. The van der Waals surface area contributed by atoms with E-state index < -0.39 is 6.17 Å². The fraction of sp³-hybridized carbons (Fsp3) is 0.400. The van der Waals surface area contributed by atoms with Crippen molar-refractivity contribution in [3.8, 4) is 0 Å². The van der Waals surface area contributed by atoms with Crippen molar-refractivity contribution in [1.82, 2.24) is 0 Å². The van der Waals surface area contributed by atoms with E-state index in [4.69, 9.17) is 4.74 Å². The molecule has 1 N–H and O–H groups in total. The highest BCUT2D eigenvalue weighted by atomic mass is 32.1. The van der Waals surface area contributed by atoms with Gasteiger partial charge in [-0.05, 0) is 31.6 Å². The summed E-state index contributed by atoms with van der Waals surface area (Å²) in [6.07, 6.45) is 4.64. The Morgan fingerprint density at radius 2 is 2.30 bits per heavy atom. The SMILES string of the molecule is COC(=O)c1sc(C2=CCC(F)C=C2)cc1NC(C)C. The molecule has 0 aromatic carbocycles. The van der Waals surface area contributed by atoms with E-state index in [0.717, 1.165) is 16.1 Å². The van der Waals surface area contributed by atoms with Gasteiger partial charge in [0, 0.05) is 17.3 Å². The number of methoxy groups -OCH3 is 1. The van der Waals surface area contributed by atoms with E-state index in [1.165, 1.54) is 18.4 Å². The van der Waals surface area contributed by atoms with Crippen LogP contribution in [-0.4, -0.2) is 25.3 Å². The first-order valence-electron chi connectivity index (χ1n) is 6.52. The number of nitrogens with one attached hydrogen (secondary N) is 1. The van der Waals surface area contributed by atoms with E-state index in [9.17, 15) is 9.18 Å². The quantitative estimate of drug-likeness (QED) is 0.852. The molecular formula is C15H18FNO2S. The Labute approximate surface area is 122 Å². The van der Waals surface area contributed by atoms with Crippen LogP contribution in [0, 0.1) is 0 Å². The molecule has 1 aromatic rings. The first-order valence-corrected chi connectivity index (χ1v) is 7.34. The molecule has 1 atom stereocenters. The number of hydrogen-bond donors (Lipinski definition) is 1. The van der Waals surface area contributed by atoms with Crippen molar-refractivity contribution in [3.05, 3.63) is 34.0 Å². The Hall–Kier alpha value is -1.62. The molecule has 0 aliphatic heterocycles. The molecule has 5 heteroatoms. The number of esters is 1. The van der Waals surface area contributed by atoms with Gasteiger partial charge < -0.3 is 10.1 Å². The Morgan fingerprint density at radius 3 is 2.85 bits per heavy atom. The highest BCUT2D eigenvalue weighted by molar-refractivity contribution is 7.15. The molecule has 108 valence electrons. The fourth-order valence-corrected chi connectivity index (χ4v) is 3.03. The molecule has 0 spiro atoms. The van der Waals surface area contributed by atoms with E-state index in [2.05, 4.69) is 5.32 Å². The molecule has 2 rings (SSSR count). The summed E-state index contributed by atoms with van der Waals surface area (Å²) in [5.41, 5.74) is 1.72. The number of allylic oxidation sites excluding steroid dienone is 4. The van der Waals surface area contributed by atoms with E-state index in [0.29, 0.717) is 11.3 Å². The maximum Gasteiger partial charge on any atom is 0.350 e. The van der Waals surface area contributed by atoms with Crippen LogP contribution in [0.2, 0.25) is 0 Å². The highest BCUT2D eigenvalue weighted by Crippen LogP contribution is 2.35. The maximum atomic E-state index is 13.1. The van der Waals surface area contributed by atoms with Crippen molar-refractivity contribution in [3.63, 3.8) is 0 Å². The third-order valence-corrected chi connectivity index (χ3v) is 4.04. The number of ether oxygens (including phenoxy) is 1. The molecule has 0 saturated heterocycles. The predicted molar refractivity (Wildman–Crippen MR) is 81.0 cm³/mol. The van der Waals surface area contributed by atoms with Crippen LogP contribution in [0.5, 0.6) is 0 Å². The third-order valence-electron chi connectivity index (χ3n) is 2.88. The molecule has 1 unspecified atom stereocenters. The van der Waals surface area contributed by atoms with Crippen LogP contribution in [0.1, 0.15) is 34.8 Å². The van der Waals surface area contributed by atoms with Crippen LogP contribution < -0.4 is 5.32 Å². The summed E-state index contributed by atoms with van der Waals surface area (Å²) in [7, 11) is 1.37. The molecule has 0 bridgehead atoms. The van der Waals surface area contributed by atoms with Crippen molar-refractivity contribution in [2.45, 2.75) is 32.5 Å². The molecule has 0 saturated carbocycles. The minimum atomic E-state index is -0.910. The second-order valence-electron chi connectivity index (χ2n) is 4.91. The predicted octanol–water partition coefficient (Wildman–Crippen LogP) is 4.04. The maximum absolute atomic E-state index is 13.1. The largest absolute Gasteiger partial charge is 0.465 e. The number of halogens is 1. The van der Waals surface area contributed by atoms with Gasteiger partial charge in [-0.2, -0.15) is 0 Å². The van der Waals surface area contributed by atoms with Gasteiger partial charge in [0.1, 0.15) is 11.0 Å². The van der Waals surface area contributed by atoms with Crippen molar-refractivity contribution >= 4 is 28.6 Å². The highest BCUT2D eigenvalue weighted by Gasteiger charge is 2.19. The Bertz CT molecular complexity index is 560. The van der Waals surface area contributed by atoms with Crippen LogP contribution in [0.3, 0.4) is 0 Å². The first-order chi connectivity index (χ1) is 9.51. The van der Waals surface area contributed by atoms with Crippen LogP contribution >= 0.6 is 11.3 Å². The van der Waals surface area contributed by atoms with Crippen molar-refractivity contribution in [1.29, 1.82) is 0 Å². The van der Waals surface area contributed by atoms with Crippen LogP contribution in [0.15, 0.2) is 24.3 Å². The number of rotatable bonds is 4. The fourth-order valence-electron chi connectivity index (χ4n) is 1.97. The zero-order valence-corrected chi connectivity index (χ0v) is 12.6. The van der Waals surface area contributed by atoms with Gasteiger partial charge in [-0.1, -0.05) is 12.2 Å². The summed E-state index contributed by atoms with van der Waals surface area (Å²) < 4.78 is 17.9. The van der Waals surface area contributed by atoms with Crippen LogP contribution in [0.25, 0.3) is 5.57 Å². The van der Waals surface area contributed by atoms with E-state index >= 15 is 0 Å². The number of carbonyl (C=O) groups excluding carboxylic acids is 1. The molecule has 1 aliphatic rings. The molecule has 1 aliphatic carbocycles. The van der Waals surface area contributed by atoms with Gasteiger partial charge in [0.05, 0.1) is 12.8 Å². The lowest BCUT2D eigenvalue weighted by Gasteiger charge is -2.09. The summed E-state index contributed by atoms with van der Waals surface area (Å²) in [5.74, 6) is -0.354. The summed E-state index contributed by atoms with van der Waals surface area (Å²) in [6.45, 7) is 4.01. The monoisotopic (exact) mass is 295 g/mol. The Balaban J connectivity index is 2.34. The van der Waals surface area contributed by atoms with E-state index in [1.807, 2.05) is 26.0 Å². The van der Waals surface area contributed by atoms with Gasteiger partial charge in [-0.3, -0.25) is 0 Å². The van der Waals surface area contributed by atoms with Gasteiger partial charge in [0.2, 0.25) is 0 Å². The summed E-state index contributed by atoms with van der Waals surface area (Å²) in [5, 5.41) is 3.24. The van der Waals surface area contributed by atoms with Gasteiger partial charge in [0.25, 0.3) is 0 Å². The Morgan fingerprint density at radius 1 is 1.55 bits per heavy atom. The van der Waals surface area contributed by atoms with Crippen molar-refractivity contribution in [2.24, 2.45) is 0 Å². The third kappa shape index (κ3) is 3.28. The molecule has 3 nitrogen and oxygen atoms in total. The van der Waals surface area contributed by atoms with E-state index in [1.54, 1.807) is 12.2 Å². The zero-order chi connectivity index (χ0) is 14.7. The average molecular weight is 295 g/mol. The summed E-state index contributed by atoms with van der Waals surface area (Å²) in [6, 6.07) is 2.14. The molecule has 1 heterocycles. The molecule has 20 heavy (non-hydrogen) atoms. The van der Waals surface area contributed by atoms with Gasteiger partial charge >= 0.3 is 5.97 Å². The number of carbonyl (C=O) groups is 1. The van der Waals surface area contributed by atoms with Crippen LogP contribution in [0.4, 0.5) is 10.1 Å². The summed E-state index contributed by atoms with van der Waals surface area (Å²) >= 11 is 1.36. The summed E-state index contributed by atoms with van der Waals surface area (Å²) in [4.78, 5) is 13.3. The van der Waals surface area contributed by atoms with Gasteiger partial charge in [-0.15, -0.1) is 11.3 Å². The lowest BCUT2D eigenvalue weighted by Crippen LogP contribution is -2.12. The van der Waals surface area contributed by atoms with Gasteiger partial charge in [0.15, 0.2) is 0 Å². The number of alkyl halides is 1. The number of hydrogen-bond acceptors (Lipinski definition) is 4. The second kappa shape index (κ2) is 6.22. The van der Waals surface area contributed by atoms with Crippen molar-refractivity contribution in [2.75, 3.05) is 12.4 Å².